The zero-order valence-corrected chi connectivity index (χ0v) is 14.7. The molecule has 8 heteroatoms. The van der Waals surface area contributed by atoms with Crippen LogP contribution >= 0.6 is 0 Å². The highest BCUT2D eigenvalue weighted by atomic mass is 16.7. The van der Waals surface area contributed by atoms with E-state index >= 15 is 0 Å². The van der Waals surface area contributed by atoms with Crippen molar-refractivity contribution in [2.24, 2.45) is 0 Å². The lowest BCUT2D eigenvalue weighted by Crippen LogP contribution is -2.47. The fraction of sp³-hybridized carbons (Fsp3) is 0.368. The minimum Gasteiger partial charge on any atom is -0.347 e. The Morgan fingerprint density at radius 3 is 2.67 bits per heavy atom. The van der Waals surface area contributed by atoms with E-state index in [1.54, 1.807) is 29.2 Å². The predicted molar refractivity (Wildman–Crippen MR) is 96.2 cm³/mol. The summed E-state index contributed by atoms with van der Waals surface area (Å²) in [5.41, 5.74) is 1.44. The fourth-order valence-corrected chi connectivity index (χ4v) is 3.37. The second kappa shape index (κ2) is 7.31. The third-order valence-corrected chi connectivity index (χ3v) is 4.82. The van der Waals surface area contributed by atoms with Crippen LogP contribution in [0.3, 0.4) is 0 Å². The number of carbonyl (C=O) groups is 1. The van der Waals surface area contributed by atoms with Crippen LogP contribution in [0.4, 0.5) is 11.5 Å². The second-order valence-electron chi connectivity index (χ2n) is 6.47. The average Bonchev–Trinajstić information content (AvgIpc) is 3.17. The number of nitrogens with zero attached hydrogens (tertiary/aromatic N) is 4. The van der Waals surface area contributed by atoms with Crippen LogP contribution in [0.15, 0.2) is 36.7 Å². The summed E-state index contributed by atoms with van der Waals surface area (Å²) in [5.74, 6) is -0.204. The highest BCUT2D eigenvalue weighted by Crippen LogP contribution is 2.31. The Morgan fingerprint density at radius 1 is 1.19 bits per heavy atom. The Hall–Kier alpha value is -3.02. The van der Waals surface area contributed by atoms with E-state index in [0.717, 1.165) is 0 Å². The van der Waals surface area contributed by atoms with Gasteiger partial charge in [-0.05, 0) is 12.1 Å². The van der Waals surface area contributed by atoms with Gasteiger partial charge in [-0.3, -0.25) is 4.79 Å². The van der Waals surface area contributed by atoms with E-state index in [-0.39, 0.29) is 5.91 Å². The van der Waals surface area contributed by atoms with Gasteiger partial charge in [0.05, 0.1) is 24.5 Å². The number of rotatable bonds is 3. The normalized spacial score (nSPS) is 18.3. The first-order valence-corrected chi connectivity index (χ1v) is 8.84. The first-order valence-electron chi connectivity index (χ1n) is 8.84. The number of likely N-dealkylation sites (tertiary alicyclic amines) is 1. The molecule has 1 aromatic carbocycles. The molecular weight excluding hydrogens is 346 g/mol. The molecule has 0 aliphatic carbocycles. The van der Waals surface area contributed by atoms with Crippen molar-refractivity contribution in [1.29, 1.82) is 5.26 Å². The highest BCUT2D eigenvalue weighted by Gasteiger charge is 2.41. The molecule has 0 radical (unpaired) electrons. The molecule has 1 amide bonds. The van der Waals surface area contributed by atoms with Gasteiger partial charge >= 0.3 is 0 Å². The number of piperidine rings is 1. The molecule has 2 saturated heterocycles. The van der Waals surface area contributed by atoms with Gasteiger partial charge in [0.25, 0.3) is 5.91 Å². The summed E-state index contributed by atoms with van der Waals surface area (Å²) in [5, 5.41) is 12.3. The number of ether oxygens (including phenoxy) is 2. The van der Waals surface area contributed by atoms with Crippen molar-refractivity contribution < 1.29 is 14.3 Å². The molecule has 0 unspecified atom stereocenters. The summed E-state index contributed by atoms with van der Waals surface area (Å²) in [4.78, 5) is 22.8. The summed E-state index contributed by atoms with van der Waals surface area (Å²) in [7, 11) is 0. The average molecular weight is 365 g/mol. The predicted octanol–water partition coefficient (Wildman–Crippen LogP) is 2.07. The molecule has 2 aliphatic heterocycles. The standard InChI is InChI=1S/C19H19N5O3/c20-12-14-3-1-2-4-15(14)23-17-11-16(21-13-22-17)18(25)24-7-5-19(6-8-24)26-9-10-27-19/h1-4,11,13H,5-10H2,(H,21,22,23). The molecule has 2 aliphatic rings. The van der Waals surface area contributed by atoms with Gasteiger partial charge in [-0.1, -0.05) is 12.1 Å². The van der Waals surface area contributed by atoms with E-state index in [0.29, 0.717) is 61.9 Å². The smallest absolute Gasteiger partial charge is 0.272 e. The van der Waals surface area contributed by atoms with Crippen LogP contribution in [0.2, 0.25) is 0 Å². The Labute approximate surface area is 156 Å². The van der Waals surface area contributed by atoms with E-state index in [1.807, 2.05) is 6.07 Å². The molecule has 0 atom stereocenters. The van der Waals surface area contributed by atoms with Crippen molar-refractivity contribution in [2.45, 2.75) is 18.6 Å². The Balaban J connectivity index is 1.46. The largest absolute Gasteiger partial charge is 0.347 e. The lowest BCUT2D eigenvalue weighted by atomic mass is 10.0. The van der Waals surface area contributed by atoms with Crippen LogP contribution in [-0.4, -0.2) is 52.9 Å². The molecule has 1 spiro atoms. The summed E-state index contributed by atoms with van der Waals surface area (Å²) in [6.45, 7) is 2.34. The molecule has 3 heterocycles. The van der Waals surface area contributed by atoms with Gasteiger partial charge in [0.15, 0.2) is 5.79 Å². The Kier molecular flexibility index (Phi) is 4.71. The van der Waals surface area contributed by atoms with E-state index < -0.39 is 5.79 Å². The molecule has 0 bridgehead atoms. The van der Waals surface area contributed by atoms with Gasteiger partial charge in [0.2, 0.25) is 0 Å². The molecule has 2 fully saturated rings. The summed E-state index contributed by atoms with van der Waals surface area (Å²) in [6, 6.07) is 10.8. The van der Waals surface area contributed by atoms with Crippen LogP contribution in [-0.2, 0) is 9.47 Å². The third-order valence-electron chi connectivity index (χ3n) is 4.82. The minimum atomic E-state index is -0.518. The van der Waals surface area contributed by atoms with Crippen molar-refractivity contribution in [3.05, 3.63) is 47.9 Å². The Bertz CT molecular complexity index is 879. The molecular formula is C19H19N5O3. The zero-order valence-electron chi connectivity index (χ0n) is 14.7. The monoisotopic (exact) mass is 365 g/mol. The van der Waals surface area contributed by atoms with E-state index in [1.165, 1.54) is 6.33 Å². The zero-order chi connectivity index (χ0) is 18.7. The van der Waals surface area contributed by atoms with Crippen LogP contribution < -0.4 is 5.32 Å². The lowest BCUT2D eigenvalue weighted by molar-refractivity contribution is -0.181. The second-order valence-corrected chi connectivity index (χ2v) is 6.47. The fourth-order valence-electron chi connectivity index (χ4n) is 3.37. The molecule has 138 valence electrons. The minimum absolute atomic E-state index is 0.151. The van der Waals surface area contributed by atoms with Crippen molar-refractivity contribution in [1.82, 2.24) is 14.9 Å². The summed E-state index contributed by atoms with van der Waals surface area (Å²) < 4.78 is 11.4. The van der Waals surface area contributed by atoms with Gasteiger partial charge in [-0.2, -0.15) is 5.26 Å². The SMILES string of the molecule is N#Cc1ccccc1Nc1cc(C(=O)N2CCC3(CC2)OCCO3)ncn1. The van der Waals surface area contributed by atoms with Gasteiger partial charge in [-0.25, -0.2) is 9.97 Å². The number of para-hydroxylation sites is 1. The van der Waals surface area contributed by atoms with E-state index in [2.05, 4.69) is 21.4 Å². The van der Waals surface area contributed by atoms with Crippen LogP contribution in [0.25, 0.3) is 0 Å². The number of nitriles is 1. The molecule has 27 heavy (non-hydrogen) atoms. The van der Waals surface area contributed by atoms with Crippen LogP contribution in [0, 0.1) is 11.3 Å². The maximum Gasteiger partial charge on any atom is 0.272 e. The summed E-state index contributed by atoms with van der Waals surface area (Å²) in [6.07, 6.45) is 2.66. The van der Waals surface area contributed by atoms with Gasteiger partial charge in [0, 0.05) is 32.0 Å². The number of carbonyl (C=O) groups excluding carboxylic acids is 1. The van der Waals surface area contributed by atoms with Gasteiger partial charge < -0.3 is 19.7 Å². The maximum absolute atomic E-state index is 12.8. The molecule has 4 rings (SSSR count). The quantitative estimate of drug-likeness (QED) is 0.888. The number of anilines is 2. The van der Waals surface area contributed by atoms with E-state index in [9.17, 15) is 10.1 Å². The van der Waals surface area contributed by atoms with Gasteiger partial charge in [0.1, 0.15) is 23.9 Å². The van der Waals surface area contributed by atoms with E-state index in [4.69, 9.17) is 9.47 Å². The summed E-state index contributed by atoms with van der Waals surface area (Å²) >= 11 is 0. The molecule has 1 aromatic heterocycles. The highest BCUT2D eigenvalue weighted by molar-refractivity contribution is 5.93. The number of aromatic nitrogens is 2. The molecule has 2 aromatic rings. The third kappa shape index (κ3) is 3.60. The van der Waals surface area contributed by atoms with Crippen molar-refractivity contribution in [3.8, 4) is 6.07 Å². The lowest BCUT2D eigenvalue weighted by Gasteiger charge is -2.37. The van der Waals surface area contributed by atoms with Crippen LogP contribution in [0.1, 0.15) is 28.9 Å². The number of hydrogen-bond donors (Lipinski definition) is 1. The topological polar surface area (TPSA) is 100 Å². The Morgan fingerprint density at radius 2 is 1.93 bits per heavy atom. The number of hydrogen-bond acceptors (Lipinski definition) is 7. The van der Waals surface area contributed by atoms with Crippen molar-refractivity contribution in [3.63, 3.8) is 0 Å². The van der Waals surface area contributed by atoms with Gasteiger partial charge in [-0.15, -0.1) is 0 Å². The molecule has 8 nitrogen and oxygen atoms in total. The number of nitrogens with one attached hydrogen (secondary N) is 1. The van der Waals surface area contributed by atoms with Crippen LogP contribution in [0.5, 0.6) is 0 Å². The molecule has 1 N–H and O–H groups in total. The maximum atomic E-state index is 12.8. The van der Waals surface area contributed by atoms with Crippen molar-refractivity contribution in [2.75, 3.05) is 31.6 Å². The number of amides is 1. The first kappa shape index (κ1) is 17.4. The number of benzene rings is 1. The first-order chi connectivity index (χ1) is 13.2. The molecule has 0 saturated carbocycles. The van der Waals surface area contributed by atoms with Crippen molar-refractivity contribution >= 4 is 17.4 Å².